The summed E-state index contributed by atoms with van der Waals surface area (Å²) >= 11 is 2.28. The van der Waals surface area contributed by atoms with Crippen LogP contribution in [-0.4, -0.2) is 94.1 Å². The molecule has 42 heavy (non-hydrogen) atoms. The van der Waals surface area contributed by atoms with Crippen LogP contribution in [-0.2, 0) is 47.8 Å². The van der Waals surface area contributed by atoms with Gasteiger partial charge in [-0.1, -0.05) is 11.2 Å². The normalized spacial score (nSPS) is 23.5. The largest absolute Gasteiger partial charge is 0.509 e. The van der Waals surface area contributed by atoms with E-state index in [1.54, 1.807) is 6.92 Å². The minimum Gasteiger partial charge on any atom is -0.462 e. The fourth-order valence-corrected chi connectivity index (χ4v) is 5.77. The predicted octanol–water partition coefficient (Wildman–Crippen LogP) is 0.233. The van der Waals surface area contributed by atoms with Crippen molar-refractivity contribution >= 4 is 69.8 Å². The van der Waals surface area contributed by atoms with Gasteiger partial charge in [0.1, 0.15) is 42.1 Å². The van der Waals surface area contributed by atoms with Crippen molar-refractivity contribution in [3.8, 4) is 0 Å². The maximum atomic E-state index is 13.3. The van der Waals surface area contributed by atoms with Crippen LogP contribution >= 0.6 is 23.1 Å². The third kappa shape index (κ3) is 6.88. The lowest BCUT2D eigenvalue weighted by Crippen LogP contribution is -2.71. The number of carbonyl (C=O) groups is 6. The van der Waals surface area contributed by atoms with Crippen LogP contribution < -0.4 is 11.1 Å². The van der Waals surface area contributed by atoms with Gasteiger partial charge in [-0.25, -0.2) is 19.4 Å². The molecule has 3 N–H and O–H groups in total. The van der Waals surface area contributed by atoms with Gasteiger partial charge >= 0.3 is 24.1 Å². The second kappa shape index (κ2) is 13.0. The zero-order valence-electron chi connectivity index (χ0n) is 22.4. The number of carbonyl (C=O) groups excluding carboxylic acids is 6. The first-order valence-corrected chi connectivity index (χ1v) is 14.2. The summed E-state index contributed by atoms with van der Waals surface area (Å²) in [7, 11) is 0. The van der Waals surface area contributed by atoms with Crippen LogP contribution in [0.1, 0.15) is 26.5 Å². The predicted molar refractivity (Wildman–Crippen MR) is 144 cm³/mol. The number of nitrogen functional groups attached to an aromatic ring is 1. The highest BCUT2D eigenvalue weighted by Gasteiger charge is 2.54. The number of allylic oxidation sites excluding steroid dienone is 1. The number of β-lactam (4-membered cyclic amide) rings is 1. The Morgan fingerprint density at radius 3 is 2.60 bits per heavy atom. The van der Waals surface area contributed by atoms with E-state index in [0.717, 1.165) is 18.3 Å². The number of hydrogen-bond donors (Lipinski definition) is 2. The summed E-state index contributed by atoms with van der Waals surface area (Å²) in [5.74, 6) is -3.44. The van der Waals surface area contributed by atoms with Crippen molar-refractivity contribution in [1.29, 1.82) is 0 Å². The Kier molecular flexibility index (Phi) is 9.46. The molecule has 18 heteroatoms. The molecular weight excluding hydrogens is 598 g/mol. The lowest BCUT2D eigenvalue weighted by Gasteiger charge is -2.49. The molecule has 16 nitrogen and oxygen atoms in total. The number of hydrogen-bond acceptors (Lipinski definition) is 16. The molecule has 0 saturated carbocycles. The van der Waals surface area contributed by atoms with Gasteiger partial charge in [0.15, 0.2) is 16.9 Å². The molecule has 2 unspecified atom stereocenters. The number of nitrogens with two attached hydrogens (primary N) is 1. The number of oxime groups is 1. The van der Waals surface area contributed by atoms with Crippen LogP contribution in [0, 0.1) is 0 Å². The third-order valence-electron chi connectivity index (χ3n) is 5.86. The molecule has 1 aromatic heterocycles. The monoisotopic (exact) mass is 623 g/mol. The second-order valence-electron chi connectivity index (χ2n) is 8.86. The van der Waals surface area contributed by atoms with Gasteiger partial charge in [-0.2, -0.15) is 0 Å². The average Bonchev–Trinajstić information content (AvgIpc) is 3.50. The second-order valence-corrected chi connectivity index (χ2v) is 10.9. The summed E-state index contributed by atoms with van der Waals surface area (Å²) in [6, 6.07) is -1.08. The van der Waals surface area contributed by atoms with E-state index in [1.165, 1.54) is 41.1 Å². The molecule has 0 spiro atoms. The van der Waals surface area contributed by atoms with Crippen molar-refractivity contribution in [2.24, 2.45) is 5.16 Å². The van der Waals surface area contributed by atoms with Gasteiger partial charge in [-0.05, 0) is 18.6 Å². The highest BCUT2D eigenvalue weighted by molar-refractivity contribution is 8.00. The van der Waals surface area contributed by atoms with Gasteiger partial charge in [-0.3, -0.25) is 19.3 Å². The molecule has 4 heterocycles. The number of ether oxygens (including phenoxy) is 4. The Hall–Kier alpha value is -4.45. The molecule has 3 aliphatic rings. The maximum Gasteiger partial charge on any atom is 0.509 e. The lowest BCUT2D eigenvalue weighted by atomic mass is 10.0. The van der Waals surface area contributed by atoms with Crippen LogP contribution in [0.5, 0.6) is 0 Å². The summed E-state index contributed by atoms with van der Waals surface area (Å²) in [5, 5.41) is 6.97. The molecule has 2 saturated heterocycles. The van der Waals surface area contributed by atoms with E-state index >= 15 is 0 Å². The lowest BCUT2D eigenvalue weighted by molar-refractivity contribution is -0.153. The Balaban J connectivity index is 1.53. The molecular formula is C24H25N5O11S2. The Morgan fingerprint density at radius 2 is 1.98 bits per heavy atom. The summed E-state index contributed by atoms with van der Waals surface area (Å²) in [6.07, 6.45) is 0.644. The van der Waals surface area contributed by atoms with E-state index in [9.17, 15) is 28.8 Å². The fraction of sp³-hybridized carbons (Fsp3) is 0.417. The molecule has 2 amide bonds. The Labute approximate surface area is 246 Å². The first-order chi connectivity index (χ1) is 20.0. The molecule has 0 aromatic carbocycles. The molecule has 4 atom stereocenters. The van der Waals surface area contributed by atoms with Gasteiger partial charge in [0.2, 0.25) is 0 Å². The van der Waals surface area contributed by atoms with E-state index in [4.69, 9.17) is 24.7 Å². The zero-order chi connectivity index (χ0) is 30.6. The van der Waals surface area contributed by atoms with Crippen LogP contribution in [0.15, 0.2) is 34.0 Å². The smallest absolute Gasteiger partial charge is 0.462 e. The zero-order valence-corrected chi connectivity index (χ0v) is 24.0. The van der Waals surface area contributed by atoms with E-state index in [2.05, 4.69) is 20.3 Å². The summed E-state index contributed by atoms with van der Waals surface area (Å²) in [5.41, 5.74) is 5.62. The number of thiazole rings is 1. The van der Waals surface area contributed by atoms with Crippen LogP contribution in [0.3, 0.4) is 0 Å². The van der Waals surface area contributed by atoms with E-state index in [-0.39, 0.29) is 41.2 Å². The van der Waals surface area contributed by atoms with Crippen molar-refractivity contribution in [2.45, 2.75) is 44.4 Å². The molecule has 224 valence electrons. The van der Waals surface area contributed by atoms with E-state index < -0.39 is 59.5 Å². The molecule has 0 bridgehead atoms. The molecule has 0 aliphatic carbocycles. The number of anilines is 1. The molecule has 2 fully saturated rings. The number of thioether (sulfide) groups is 1. The number of amides is 2. The fourth-order valence-electron chi connectivity index (χ4n) is 3.91. The molecule has 0 radical (unpaired) electrons. The van der Waals surface area contributed by atoms with Crippen molar-refractivity contribution in [3.63, 3.8) is 0 Å². The number of esters is 2. The number of rotatable bonds is 10. The number of aromatic nitrogens is 1. The SMILES string of the molecule is CC(=O)OC/C=C\C1=C(C(=O)OCC2OC(=O)OC2C)N2C(=O)[C@@H](NC(=O)/C(=N\OC(C)=O)c3csc(N)n3)[C@@H]2SC1. The number of nitrogens with one attached hydrogen (secondary N) is 1. The molecule has 1 aromatic rings. The Morgan fingerprint density at radius 1 is 1.21 bits per heavy atom. The summed E-state index contributed by atoms with van der Waals surface area (Å²) in [6.45, 7) is 3.52. The number of nitrogens with zero attached hydrogens (tertiary/aromatic N) is 3. The minimum absolute atomic E-state index is 0.0337. The van der Waals surface area contributed by atoms with Crippen molar-refractivity contribution < 1.29 is 52.6 Å². The van der Waals surface area contributed by atoms with Crippen molar-refractivity contribution in [2.75, 3.05) is 24.7 Å². The van der Waals surface area contributed by atoms with Crippen LogP contribution in [0.25, 0.3) is 0 Å². The Bertz CT molecular complexity index is 1400. The average molecular weight is 624 g/mol. The quantitative estimate of drug-likeness (QED) is 0.0891. The number of fused-ring (bicyclic) bond motifs is 1. The summed E-state index contributed by atoms with van der Waals surface area (Å²) in [4.78, 5) is 83.2. The highest BCUT2D eigenvalue weighted by Crippen LogP contribution is 2.41. The maximum absolute atomic E-state index is 13.3. The standard InChI is InChI=1S/C24H25N5O11S2/c1-10-15(39-24(35)38-10)7-37-22(34)18-13(5-4-6-36-11(2)30)8-41-21-17(20(33)29(18)21)27-19(32)16(28-40-12(3)31)14-9-42-23(25)26-14/h4-5,9-10,15,17,21H,6-8H2,1-3H3,(H2,25,26)(H,27,32)/b5-4-,28-16-/t10?,15?,17-,21+/m1/s1. The minimum atomic E-state index is -1.08. The van der Waals surface area contributed by atoms with Gasteiger partial charge in [0.05, 0.1) is 0 Å². The molecule has 4 rings (SSSR count). The molecule has 3 aliphatic heterocycles. The van der Waals surface area contributed by atoms with E-state index in [1.807, 2.05) is 0 Å². The van der Waals surface area contributed by atoms with Crippen LogP contribution in [0.4, 0.5) is 9.93 Å². The topological polar surface area (TPSA) is 215 Å². The first-order valence-electron chi connectivity index (χ1n) is 12.3. The highest BCUT2D eigenvalue weighted by atomic mass is 32.2. The van der Waals surface area contributed by atoms with Gasteiger partial charge < -0.3 is 34.8 Å². The third-order valence-corrected chi connectivity index (χ3v) is 7.83. The number of cyclic esters (lactones) is 2. The first kappa shape index (κ1) is 30.5. The summed E-state index contributed by atoms with van der Waals surface area (Å²) < 4.78 is 20.1. The van der Waals surface area contributed by atoms with Gasteiger partial charge in [-0.15, -0.1) is 23.1 Å². The van der Waals surface area contributed by atoms with Crippen LogP contribution in [0.2, 0.25) is 0 Å². The van der Waals surface area contributed by atoms with E-state index in [0.29, 0.717) is 5.57 Å². The van der Waals surface area contributed by atoms with Crippen molar-refractivity contribution in [3.05, 3.63) is 34.5 Å². The van der Waals surface area contributed by atoms with Gasteiger partial charge in [0.25, 0.3) is 11.8 Å². The van der Waals surface area contributed by atoms with Crippen molar-refractivity contribution in [1.82, 2.24) is 15.2 Å². The van der Waals surface area contributed by atoms with Gasteiger partial charge in [0, 0.05) is 25.0 Å².